The van der Waals surface area contributed by atoms with Crippen molar-refractivity contribution in [2.24, 2.45) is 0 Å². The molecule has 1 aliphatic rings. The number of unbranched alkanes of at least 4 members (excludes halogenated alkanes) is 2. The molecule has 0 bridgehead atoms. The number of hydrogen-bond donors (Lipinski definition) is 2. The van der Waals surface area contributed by atoms with Gasteiger partial charge in [0.05, 0.1) is 0 Å². The normalized spacial score (nSPS) is 13.3. The third-order valence-corrected chi connectivity index (χ3v) is 5.08. The number of ether oxygens (including phenoxy) is 1. The number of rotatable bonds is 9. The van der Waals surface area contributed by atoms with Crippen molar-refractivity contribution >= 4 is 12.1 Å². The molecule has 1 aliphatic carbocycles. The Bertz CT molecular complexity index is 816. The summed E-state index contributed by atoms with van der Waals surface area (Å²) in [6, 6.07) is 15.2. The number of carbonyl (C=O) groups excluding carboxylic acids is 1. The first-order valence-electron chi connectivity index (χ1n) is 9.57. The average molecular weight is 379 g/mol. The highest BCUT2D eigenvalue weighted by atomic mass is 16.5. The van der Waals surface area contributed by atoms with E-state index >= 15 is 0 Å². The van der Waals surface area contributed by atoms with E-state index < -0.39 is 18.1 Å². The van der Waals surface area contributed by atoms with Gasteiger partial charge in [0, 0.05) is 5.92 Å². The number of fused-ring (bicyclic) bond motifs is 3. The van der Waals surface area contributed by atoms with Crippen LogP contribution in [0, 0.1) is 0 Å². The number of alkyl carbamates (subject to hydrolysis) is 1. The molecule has 28 heavy (non-hydrogen) atoms. The molecular formula is C23H25NO4. The number of carboxylic acid groups (broad SMARTS) is 1. The minimum absolute atomic E-state index is 0.0472. The van der Waals surface area contributed by atoms with Crippen molar-refractivity contribution in [2.75, 3.05) is 6.61 Å². The third-order valence-electron chi connectivity index (χ3n) is 5.08. The first-order valence-corrected chi connectivity index (χ1v) is 9.57. The van der Waals surface area contributed by atoms with Crippen LogP contribution in [-0.2, 0) is 9.53 Å². The molecule has 1 amide bonds. The Morgan fingerprint density at radius 1 is 1.07 bits per heavy atom. The van der Waals surface area contributed by atoms with Gasteiger partial charge in [0.1, 0.15) is 12.6 Å². The molecule has 0 spiro atoms. The maximum absolute atomic E-state index is 12.2. The Morgan fingerprint density at radius 2 is 1.68 bits per heavy atom. The largest absolute Gasteiger partial charge is 0.480 e. The minimum atomic E-state index is -1.05. The molecule has 1 unspecified atom stereocenters. The van der Waals surface area contributed by atoms with Crippen molar-refractivity contribution in [1.82, 2.24) is 5.32 Å². The zero-order valence-electron chi connectivity index (χ0n) is 15.8. The fraction of sp³-hybridized carbons (Fsp3) is 0.304. The smallest absolute Gasteiger partial charge is 0.407 e. The molecular weight excluding hydrogens is 354 g/mol. The highest BCUT2D eigenvalue weighted by Crippen LogP contribution is 2.44. The van der Waals surface area contributed by atoms with Crippen LogP contribution in [0.3, 0.4) is 0 Å². The molecule has 0 aliphatic heterocycles. The second-order valence-corrected chi connectivity index (χ2v) is 6.93. The van der Waals surface area contributed by atoms with Crippen LogP contribution >= 0.6 is 0 Å². The monoisotopic (exact) mass is 379 g/mol. The van der Waals surface area contributed by atoms with Crippen molar-refractivity contribution in [2.45, 2.75) is 37.6 Å². The SMILES string of the molecule is C=CCCCCC(NC(=O)OCC1c2ccccc2-c2ccccc21)C(=O)O. The lowest BCUT2D eigenvalue weighted by Gasteiger charge is -2.17. The second kappa shape index (κ2) is 9.22. The third kappa shape index (κ3) is 4.42. The summed E-state index contributed by atoms with van der Waals surface area (Å²) < 4.78 is 5.42. The van der Waals surface area contributed by atoms with Gasteiger partial charge >= 0.3 is 12.1 Å². The molecule has 0 saturated heterocycles. The molecule has 3 rings (SSSR count). The first kappa shape index (κ1) is 19.7. The number of hydrogen-bond acceptors (Lipinski definition) is 3. The highest BCUT2D eigenvalue weighted by Gasteiger charge is 2.29. The van der Waals surface area contributed by atoms with Crippen molar-refractivity contribution in [3.05, 3.63) is 72.3 Å². The molecule has 5 nitrogen and oxygen atoms in total. The van der Waals surface area contributed by atoms with E-state index in [0.29, 0.717) is 12.8 Å². The summed E-state index contributed by atoms with van der Waals surface area (Å²) >= 11 is 0. The minimum Gasteiger partial charge on any atom is -0.480 e. The summed E-state index contributed by atoms with van der Waals surface area (Å²) in [4.78, 5) is 23.6. The molecule has 1 atom stereocenters. The predicted molar refractivity (Wildman–Crippen MR) is 108 cm³/mol. The zero-order chi connectivity index (χ0) is 19.9. The van der Waals surface area contributed by atoms with E-state index in [1.807, 2.05) is 36.4 Å². The van der Waals surface area contributed by atoms with Gasteiger partial charge in [-0.1, -0.05) is 61.0 Å². The van der Waals surface area contributed by atoms with Crippen LogP contribution < -0.4 is 5.32 Å². The van der Waals surface area contributed by atoms with E-state index in [1.165, 1.54) is 0 Å². The molecule has 146 valence electrons. The van der Waals surface area contributed by atoms with Crippen molar-refractivity contribution in [3.8, 4) is 11.1 Å². The van der Waals surface area contributed by atoms with Crippen LogP contribution in [0.4, 0.5) is 4.79 Å². The van der Waals surface area contributed by atoms with E-state index in [4.69, 9.17) is 4.74 Å². The number of allylic oxidation sites excluding steroid dienone is 1. The standard InChI is InChI=1S/C23H25NO4/c1-2-3-4-5-14-21(22(25)26)24-23(27)28-15-20-18-12-8-6-10-16(18)17-11-7-9-13-19(17)20/h2,6-13,20-21H,1,3-5,14-15H2,(H,24,27)(H,25,26). The van der Waals surface area contributed by atoms with Crippen LogP contribution in [0.1, 0.15) is 42.7 Å². The molecule has 0 saturated carbocycles. The first-order chi connectivity index (χ1) is 13.6. The average Bonchev–Trinajstić information content (AvgIpc) is 3.02. The van der Waals surface area contributed by atoms with E-state index in [0.717, 1.165) is 35.1 Å². The van der Waals surface area contributed by atoms with Gasteiger partial charge in [0.25, 0.3) is 0 Å². The van der Waals surface area contributed by atoms with Gasteiger partial charge in [-0.3, -0.25) is 0 Å². The van der Waals surface area contributed by atoms with Gasteiger partial charge in [0.2, 0.25) is 0 Å². The lowest BCUT2D eigenvalue weighted by Crippen LogP contribution is -2.41. The summed E-state index contributed by atoms with van der Waals surface area (Å²) in [5, 5.41) is 11.8. The Labute approximate surface area is 165 Å². The van der Waals surface area contributed by atoms with E-state index in [1.54, 1.807) is 6.08 Å². The number of aliphatic carboxylic acids is 1. The summed E-state index contributed by atoms with van der Waals surface area (Å²) in [5.74, 6) is -1.10. The molecule has 5 heteroatoms. The Hall–Kier alpha value is -3.08. The fourth-order valence-corrected chi connectivity index (χ4v) is 3.68. The second-order valence-electron chi connectivity index (χ2n) is 6.93. The Morgan fingerprint density at radius 3 is 2.25 bits per heavy atom. The summed E-state index contributed by atoms with van der Waals surface area (Å²) in [6.07, 6.45) is 3.85. The number of carboxylic acids is 1. The Kier molecular flexibility index (Phi) is 6.48. The van der Waals surface area contributed by atoms with Gasteiger partial charge in [-0.05, 0) is 41.5 Å². The van der Waals surface area contributed by atoms with Gasteiger partial charge < -0.3 is 15.2 Å². The van der Waals surface area contributed by atoms with Gasteiger partial charge in [0.15, 0.2) is 0 Å². The quantitative estimate of drug-likeness (QED) is 0.488. The van der Waals surface area contributed by atoms with Crippen LogP contribution in [0.15, 0.2) is 61.2 Å². The lowest BCUT2D eigenvalue weighted by atomic mass is 9.98. The molecule has 0 heterocycles. The Balaban J connectivity index is 1.61. The molecule has 2 aromatic carbocycles. The van der Waals surface area contributed by atoms with Crippen LogP contribution in [0.2, 0.25) is 0 Å². The van der Waals surface area contributed by atoms with Gasteiger partial charge in [-0.15, -0.1) is 6.58 Å². The molecule has 0 fully saturated rings. The summed E-state index contributed by atoms with van der Waals surface area (Å²) in [7, 11) is 0. The number of amides is 1. The van der Waals surface area contributed by atoms with Crippen LogP contribution in [0.5, 0.6) is 0 Å². The van der Waals surface area contributed by atoms with Crippen molar-refractivity contribution in [3.63, 3.8) is 0 Å². The van der Waals surface area contributed by atoms with Gasteiger partial charge in [-0.25, -0.2) is 9.59 Å². The maximum atomic E-state index is 12.2. The fourth-order valence-electron chi connectivity index (χ4n) is 3.68. The lowest BCUT2D eigenvalue weighted by molar-refractivity contribution is -0.139. The topological polar surface area (TPSA) is 75.6 Å². The zero-order valence-corrected chi connectivity index (χ0v) is 15.8. The number of carbonyl (C=O) groups is 2. The van der Waals surface area contributed by atoms with Crippen molar-refractivity contribution in [1.29, 1.82) is 0 Å². The van der Waals surface area contributed by atoms with Gasteiger partial charge in [-0.2, -0.15) is 0 Å². The molecule has 2 aromatic rings. The van der Waals surface area contributed by atoms with Crippen LogP contribution in [-0.4, -0.2) is 29.8 Å². The van der Waals surface area contributed by atoms with E-state index in [9.17, 15) is 14.7 Å². The van der Waals surface area contributed by atoms with Crippen LogP contribution in [0.25, 0.3) is 11.1 Å². The maximum Gasteiger partial charge on any atom is 0.407 e. The summed E-state index contributed by atoms with van der Waals surface area (Å²) in [5.41, 5.74) is 4.54. The number of benzene rings is 2. The predicted octanol–water partition coefficient (Wildman–Crippen LogP) is 4.72. The summed E-state index contributed by atoms with van der Waals surface area (Å²) in [6.45, 7) is 3.82. The van der Waals surface area contributed by atoms with E-state index in [2.05, 4.69) is 24.0 Å². The molecule has 2 N–H and O–H groups in total. The highest BCUT2D eigenvalue weighted by molar-refractivity contribution is 5.81. The molecule has 0 aromatic heterocycles. The molecule has 0 radical (unpaired) electrons. The van der Waals surface area contributed by atoms with Crippen molar-refractivity contribution < 1.29 is 19.4 Å². The van der Waals surface area contributed by atoms with E-state index in [-0.39, 0.29) is 12.5 Å². The number of nitrogens with one attached hydrogen (secondary N) is 1.